The van der Waals surface area contributed by atoms with E-state index in [9.17, 15) is 24.3 Å². The maximum Gasteiger partial charge on any atom is 0.330 e. The van der Waals surface area contributed by atoms with Crippen LogP contribution in [0.2, 0.25) is 0 Å². The molecule has 0 spiro atoms. The number of halogens is 1. The number of aromatic amines is 1. The van der Waals surface area contributed by atoms with Crippen molar-refractivity contribution < 1.29 is 14.3 Å². The second kappa shape index (κ2) is 8.86. The fourth-order valence-corrected chi connectivity index (χ4v) is 5.06. The normalized spacial score (nSPS) is 13.1. The second-order valence-corrected chi connectivity index (χ2v) is 8.92. The number of carbonyl (C=O) groups is 1. The van der Waals surface area contributed by atoms with Crippen molar-refractivity contribution in [2.75, 3.05) is 0 Å². The van der Waals surface area contributed by atoms with Crippen LogP contribution in [0.5, 0.6) is 0 Å². The zero-order valence-corrected chi connectivity index (χ0v) is 19.7. The molecule has 0 saturated carbocycles. The minimum Gasteiger partial charge on any atom is -0.481 e. The molecular formula is C28H23FN4O3. The van der Waals surface area contributed by atoms with Crippen LogP contribution in [-0.4, -0.2) is 25.2 Å². The van der Waals surface area contributed by atoms with Crippen molar-refractivity contribution in [3.63, 3.8) is 0 Å². The highest BCUT2D eigenvalue weighted by molar-refractivity contribution is 5.87. The molecule has 2 aromatic heterocycles. The summed E-state index contributed by atoms with van der Waals surface area (Å²) in [6.45, 7) is 3.93. The highest BCUT2D eigenvalue weighted by Crippen LogP contribution is 2.33. The van der Waals surface area contributed by atoms with Crippen molar-refractivity contribution in [2.24, 2.45) is 0 Å². The number of rotatable bonds is 6. The Hall–Kier alpha value is -4.64. The van der Waals surface area contributed by atoms with E-state index in [2.05, 4.69) is 11.1 Å². The summed E-state index contributed by atoms with van der Waals surface area (Å²) in [7, 11) is 0. The number of fused-ring (bicyclic) bond motifs is 2. The lowest BCUT2D eigenvalue weighted by molar-refractivity contribution is -0.137. The third-order valence-electron chi connectivity index (χ3n) is 6.75. The van der Waals surface area contributed by atoms with Gasteiger partial charge in [0.25, 0.3) is 0 Å². The van der Waals surface area contributed by atoms with E-state index in [-0.39, 0.29) is 6.42 Å². The number of nitriles is 1. The van der Waals surface area contributed by atoms with E-state index < -0.39 is 29.6 Å². The van der Waals surface area contributed by atoms with Crippen LogP contribution >= 0.6 is 0 Å². The second-order valence-electron chi connectivity index (χ2n) is 8.92. The molecule has 0 fully saturated rings. The number of aromatic nitrogens is 3. The van der Waals surface area contributed by atoms with Crippen molar-refractivity contribution in [1.29, 1.82) is 5.26 Å². The number of benzene rings is 3. The average molecular weight is 483 g/mol. The lowest BCUT2D eigenvalue weighted by Gasteiger charge is -2.18. The molecule has 180 valence electrons. The maximum atomic E-state index is 14.1. The van der Waals surface area contributed by atoms with Crippen LogP contribution in [0.4, 0.5) is 4.39 Å². The van der Waals surface area contributed by atoms with Gasteiger partial charge in [0.1, 0.15) is 5.82 Å². The molecule has 0 aliphatic rings. The van der Waals surface area contributed by atoms with Crippen LogP contribution in [0.15, 0.2) is 71.7 Å². The predicted molar refractivity (Wildman–Crippen MR) is 135 cm³/mol. The minimum absolute atomic E-state index is 0.345. The van der Waals surface area contributed by atoms with Crippen LogP contribution < -0.4 is 5.69 Å². The Morgan fingerprint density at radius 3 is 2.56 bits per heavy atom. The third-order valence-corrected chi connectivity index (χ3v) is 6.75. The first-order chi connectivity index (χ1) is 17.3. The van der Waals surface area contributed by atoms with Crippen LogP contribution in [0.25, 0.3) is 21.9 Å². The Morgan fingerprint density at radius 2 is 1.86 bits per heavy atom. The molecule has 0 aliphatic carbocycles. The number of carboxylic acids is 1. The van der Waals surface area contributed by atoms with E-state index in [1.165, 1.54) is 28.8 Å². The molecule has 1 unspecified atom stereocenters. The van der Waals surface area contributed by atoms with E-state index in [0.29, 0.717) is 22.2 Å². The molecular weight excluding hydrogens is 459 g/mol. The highest BCUT2D eigenvalue weighted by atomic mass is 19.1. The molecule has 0 bridgehead atoms. The molecule has 0 radical (unpaired) electrons. The van der Waals surface area contributed by atoms with Crippen molar-refractivity contribution in [3.8, 4) is 6.07 Å². The first-order valence-corrected chi connectivity index (χ1v) is 11.5. The van der Waals surface area contributed by atoms with E-state index in [1.807, 2.05) is 38.2 Å². The summed E-state index contributed by atoms with van der Waals surface area (Å²) in [5.74, 6) is -1.56. The number of hydrogen-bond donors (Lipinski definition) is 2. The van der Waals surface area contributed by atoms with Crippen LogP contribution in [-0.2, 0) is 4.79 Å². The quantitative estimate of drug-likeness (QED) is 0.344. The Morgan fingerprint density at radius 1 is 1.11 bits per heavy atom. The molecule has 5 aromatic rings. The molecule has 2 N–H and O–H groups in total. The van der Waals surface area contributed by atoms with Gasteiger partial charge in [-0.1, -0.05) is 24.3 Å². The summed E-state index contributed by atoms with van der Waals surface area (Å²) in [5.41, 5.74) is 4.38. The molecule has 8 heteroatoms. The lowest BCUT2D eigenvalue weighted by atomic mass is 10.0. The molecule has 7 nitrogen and oxygen atoms in total. The van der Waals surface area contributed by atoms with Gasteiger partial charge < -0.3 is 10.1 Å². The summed E-state index contributed by atoms with van der Waals surface area (Å²) >= 11 is 0. The Balaban J connectivity index is 1.80. The molecule has 2 atom stereocenters. The molecule has 2 heterocycles. The molecule has 5 rings (SSSR count). The first-order valence-electron chi connectivity index (χ1n) is 11.5. The summed E-state index contributed by atoms with van der Waals surface area (Å²) in [4.78, 5) is 29.2. The van der Waals surface area contributed by atoms with Crippen molar-refractivity contribution >= 4 is 27.9 Å². The smallest absolute Gasteiger partial charge is 0.330 e. The molecule has 0 amide bonds. The Kier molecular flexibility index (Phi) is 5.69. The van der Waals surface area contributed by atoms with Gasteiger partial charge in [-0.2, -0.15) is 5.26 Å². The standard InChI is InChI=1S/C28H23FN4O3/c1-16-4-3-5-22-27(16)21(15-31-22)17(2)32-23-11-6-18(14-30)12-25(23)33(28(32)36)24(13-26(34)35)19-7-9-20(29)10-8-19/h3-12,15,17,24,31H,13H2,1-2H3,(H,34,35)/t17?,24-/m1/s1. The number of hydrogen-bond acceptors (Lipinski definition) is 3. The fourth-order valence-electron chi connectivity index (χ4n) is 5.06. The molecule has 0 aliphatic heterocycles. The van der Waals surface area contributed by atoms with Gasteiger partial charge in [-0.05, 0) is 61.4 Å². The number of nitrogens with one attached hydrogen (secondary N) is 1. The maximum absolute atomic E-state index is 14.1. The van der Waals surface area contributed by atoms with Gasteiger partial charge in [-0.15, -0.1) is 0 Å². The van der Waals surface area contributed by atoms with Crippen molar-refractivity contribution in [2.45, 2.75) is 32.4 Å². The zero-order valence-electron chi connectivity index (χ0n) is 19.7. The summed E-state index contributed by atoms with van der Waals surface area (Å²) in [6.07, 6.45) is 1.50. The number of aryl methyl sites for hydroxylation is 1. The van der Waals surface area contributed by atoms with Gasteiger partial charge in [0, 0.05) is 22.7 Å². The molecule has 3 aromatic carbocycles. The fraction of sp³-hybridized carbons (Fsp3) is 0.179. The predicted octanol–water partition coefficient (Wildman–Crippen LogP) is 5.28. The largest absolute Gasteiger partial charge is 0.481 e. The van der Waals surface area contributed by atoms with Gasteiger partial charge in [-0.25, -0.2) is 9.18 Å². The Bertz CT molecular complexity index is 1720. The number of aliphatic carboxylic acids is 1. The third kappa shape index (κ3) is 3.75. The number of carboxylic acid groups (broad SMARTS) is 1. The Labute approximate surface area is 205 Å². The van der Waals surface area contributed by atoms with Gasteiger partial charge in [0.15, 0.2) is 0 Å². The van der Waals surface area contributed by atoms with E-state index >= 15 is 0 Å². The van der Waals surface area contributed by atoms with E-state index in [0.717, 1.165) is 22.0 Å². The SMILES string of the molecule is Cc1cccc2[nH]cc(C(C)n3c(=O)n([C@H](CC(=O)O)c4ccc(F)cc4)c4cc(C#N)ccc43)c12. The summed E-state index contributed by atoms with van der Waals surface area (Å²) in [6, 6.07) is 17.1. The highest BCUT2D eigenvalue weighted by Gasteiger charge is 2.27. The van der Waals surface area contributed by atoms with Gasteiger partial charge in [0.05, 0.1) is 41.2 Å². The number of H-pyrrole nitrogens is 1. The van der Waals surface area contributed by atoms with Gasteiger partial charge >= 0.3 is 11.7 Å². The van der Waals surface area contributed by atoms with Gasteiger partial charge in [-0.3, -0.25) is 13.9 Å². The molecule has 36 heavy (non-hydrogen) atoms. The van der Waals surface area contributed by atoms with Crippen LogP contribution in [0.3, 0.4) is 0 Å². The van der Waals surface area contributed by atoms with Crippen LogP contribution in [0, 0.1) is 24.1 Å². The van der Waals surface area contributed by atoms with E-state index in [4.69, 9.17) is 0 Å². The number of imidazole rings is 1. The first kappa shape index (κ1) is 23.1. The number of nitrogens with zero attached hydrogens (tertiary/aromatic N) is 3. The summed E-state index contributed by atoms with van der Waals surface area (Å²) < 4.78 is 16.7. The summed E-state index contributed by atoms with van der Waals surface area (Å²) in [5, 5.41) is 20.2. The van der Waals surface area contributed by atoms with Gasteiger partial charge in [0.2, 0.25) is 0 Å². The van der Waals surface area contributed by atoms with Crippen LogP contribution in [0.1, 0.15) is 47.7 Å². The topological polar surface area (TPSA) is 104 Å². The van der Waals surface area contributed by atoms with Crippen molar-refractivity contribution in [1.82, 2.24) is 14.1 Å². The zero-order chi connectivity index (χ0) is 25.6. The van der Waals surface area contributed by atoms with E-state index in [1.54, 1.807) is 22.8 Å². The lowest BCUT2D eigenvalue weighted by Crippen LogP contribution is -2.31. The average Bonchev–Trinajstić information content (AvgIpc) is 3.42. The molecule has 0 saturated heterocycles. The monoisotopic (exact) mass is 482 g/mol. The van der Waals surface area contributed by atoms with Crippen molar-refractivity contribution in [3.05, 3.63) is 105 Å². The minimum atomic E-state index is -1.10.